The van der Waals surface area contributed by atoms with E-state index in [9.17, 15) is 4.79 Å². The molecule has 2 N–H and O–H groups in total. The van der Waals surface area contributed by atoms with Gasteiger partial charge in [-0.2, -0.15) is 11.8 Å². The number of aromatic amines is 1. The SMILES string of the molecule is CSCC[C@@H](NC(=O)C1(c2ccccc2)CC1)c1nc2ccccc2[nH]1. The predicted molar refractivity (Wildman–Crippen MR) is 107 cm³/mol. The molecular formula is C21H23N3OS. The van der Waals surface area contributed by atoms with Crippen LogP contribution in [0.4, 0.5) is 0 Å². The first-order valence-electron chi connectivity index (χ1n) is 9.03. The van der Waals surface area contributed by atoms with Gasteiger partial charge >= 0.3 is 0 Å². The van der Waals surface area contributed by atoms with Gasteiger partial charge in [0.2, 0.25) is 5.91 Å². The van der Waals surface area contributed by atoms with Gasteiger partial charge in [0.05, 0.1) is 22.5 Å². The minimum atomic E-state index is -0.356. The summed E-state index contributed by atoms with van der Waals surface area (Å²) in [7, 11) is 0. The summed E-state index contributed by atoms with van der Waals surface area (Å²) in [5, 5.41) is 3.28. The molecule has 1 atom stereocenters. The molecule has 1 amide bonds. The number of para-hydroxylation sites is 2. The summed E-state index contributed by atoms with van der Waals surface area (Å²) in [6.45, 7) is 0. The molecule has 1 saturated carbocycles. The van der Waals surface area contributed by atoms with E-state index in [0.717, 1.165) is 47.4 Å². The average molecular weight is 366 g/mol. The molecule has 0 saturated heterocycles. The van der Waals surface area contributed by atoms with E-state index in [1.807, 2.05) is 42.5 Å². The van der Waals surface area contributed by atoms with Crippen LogP contribution in [0.3, 0.4) is 0 Å². The van der Waals surface area contributed by atoms with Crippen molar-refractivity contribution in [3.63, 3.8) is 0 Å². The van der Waals surface area contributed by atoms with Crippen molar-refractivity contribution in [3.05, 3.63) is 66.0 Å². The van der Waals surface area contributed by atoms with Gasteiger partial charge < -0.3 is 10.3 Å². The van der Waals surface area contributed by atoms with Gasteiger partial charge in [-0.25, -0.2) is 4.98 Å². The molecule has 0 unspecified atom stereocenters. The zero-order valence-electron chi connectivity index (χ0n) is 14.9. The quantitative estimate of drug-likeness (QED) is 0.659. The number of thioether (sulfide) groups is 1. The number of imidazole rings is 1. The monoisotopic (exact) mass is 365 g/mol. The summed E-state index contributed by atoms with van der Waals surface area (Å²) in [5.41, 5.74) is 2.71. The minimum Gasteiger partial charge on any atom is -0.345 e. The molecule has 1 heterocycles. The summed E-state index contributed by atoms with van der Waals surface area (Å²) in [4.78, 5) is 21.2. The predicted octanol–water partition coefficient (Wildman–Crippen LogP) is 4.21. The molecule has 1 aliphatic carbocycles. The number of rotatable bonds is 7. The molecule has 0 spiro atoms. The maximum Gasteiger partial charge on any atom is 0.231 e. The number of aromatic nitrogens is 2. The molecule has 4 nitrogen and oxygen atoms in total. The molecule has 2 aromatic carbocycles. The first kappa shape index (κ1) is 17.2. The highest BCUT2D eigenvalue weighted by Gasteiger charge is 2.51. The Morgan fingerprint density at radius 3 is 2.62 bits per heavy atom. The minimum absolute atomic E-state index is 0.0939. The number of benzene rings is 2. The molecule has 4 rings (SSSR count). The molecule has 1 aliphatic rings. The Balaban J connectivity index is 1.58. The highest BCUT2D eigenvalue weighted by molar-refractivity contribution is 7.98. The number of hydrogen-bond donors (Lipinski definition) is 2. The summed E-state index contributed by atoms with van der Waals surface area (Å²) in [5.74, 6) is 1.94. The Hall–Kier alpha value is -2.27. The topological polar surface area (TPSA) is 57.8 Å². The number of carbonyl (C=O) groups excluding carboxylic acids is 1. The Morgan fingerprint density at radius 2 is 1.92 bits per heavy atom. The molecule has 26 heavy (non-hydrogen) atoms. The third-order valence-corrected chi connectivity index (χ3v) is 5.81. The van der Waals surface area contributed by atoms with Gasteiger partial charge in [0, 0.05) is 0 Å². The number of nitrogens with one attached hydrogen (secondary N) is 2. The number of hydrogen-bond acceptors (Lipinski definition) is 3. The third-order valence-electron chi connectivity index (χ3n) is 5.16. The summed E-state index contributed by atoms with van der Waals surface area (Å²) >= 11 is 1.79. The van der Waals surface area contributed by atoms with Crippen LogP contribution < -0.4 is 5.32 Å². The van der Waals surface area contributed by atoms with Gasteiger partial charge in [0.25, 0.3) is 0 Å². The Labute approximate surface area is 157 Å². The lowest BCUT2D eigenvalue weighted by Crippen LogP contribution is -2.38. The molecule has 134 valence electrons. The van der Waals surface area contributed by atoms with Crippen LogP contribution in [-0.4, -0.2) is 27.9 Å². The van der Waals surface area contributed by atoms with Crippen LogP contribution >= 0.6 is 11.8 Å². The molecule has 3 aromatic rings. The molecule has 0 aliphatic heterocycles. The van der Waals surface area contributed by atoms with E-state index in [1.54, 1.807) is 11.8 Å². The van der Waals surface area contributed by atoms with E-state index in [4.69, 9.17) is 4.98 Å². The number of H-pyrrole nitrogens is 1. The summed E-state index contributed by atoms with van der Waals surface area (Å²) in [6.07, 6.45) is 4.78. The fraction of sp³-hybridized carbons (Fsp3) is 0.333. The van der Waals surface area contributed by atoms with Crippen LogP contribution in [0.5, 0.6) is 0 Å². The second-order valence-electron chi connectivity index (χ2n) is 6.89. The lowest BCUT2D eigenvalue weighted by atomic mass is 9.94. The van der Waals surface area contributed by atoms with E-state index in [0.29, 0.717) is 0 Å². The lowest BCUT2D eigenvalue weighted by molar-refractivity contribution is -0.124. The fourth-order valence-corrected chi connectivity index (χ4v) is 3.95. The second kappa shape index (κ2) is 7.16. The normalized spacial score (nSPS) is 16.3. The number of amides is 1. The summed E-state index contributed by atoms with van der Waals surface area (Å²) in [6, 6.07) is 18.0. The van der Waals surface area contributed by atoms with Crippen LogP contribution in [0.15, 0.2) is 54.6 Å². The van der Waals surface area contributed by atoms with E-state index in [2.05, 4.69) is 28.7 Å². The number of nitrogens with zero attached hydrogens (tertiary/aromatic N) is 1. The second-order valence-corrected chi connectivity index (χ2v) is 7.88. The molecule has 1 fully saturated rings. The first-order valence-corrected chi connectivity index (χ1v) is 10.4. The van der Waals surface area contributed by atoms with Gasteiger partial charge in [0.1, 0.15) is 5.82 Å². The highest BCUT2D eigenvalue weighted by Crippen LogP contribution is 2.48. The van der Waals surface area contributed by atoms with Crippen molar-refractivity contribution in [2.75, 3.05) is 12.0 Å². The zero-order chi connectivity index (χ0) is 18.0. The van der Waals surface area contributed by atoms with Gasteiger partial charge in [0.15, 0.2) is 0 Å². The Bertz CT molecular complexity index is 869. The molecule has 5 heteroatoms. The average Bonchev–Trinajstić information content (AvgIpc) is 3.38. The largest absolute Gasteiger partial charge is 0.345 e. The number of fused-ring (bicyclic) bond motifs is 1. The van der Waals surface area contributed by atoms with Crippen LogP contribution in [-0.2, 0) is 10.2 Å². The molecular weight excluding hydrogens is 342 g/mol. The van der Waals surface area contributed by atoms with Crippen molar-refractivity contribution < 1.29 is 4.79 Å². The van der Waals surface area contributed by atoms with Crippen molar-refractivity contribution in [2.24, 2.45) is 0 Å². The van der Waals surface area contributed by atoms with E-state index >= 15 is 0 Å². The fourth-order valence-electron chi connectivity index (χ4n) is 3.48. The van der Waals surface area contributed by atoms with Gasteiger partial charge in [-0.05, 0) is 49.0 Å². The maximum absolute atomic E-state index is 13.1. The Kier molecular flexibility index (Phi) is 4.72. The van der Waals surface area contributed by atoms with E-state index < -0.39 is 0 Å². The first-order chi connectivity index (χ1) is 12.7. The van der Waals surface area contributed by atoms with E-state index in [-0.39, 0.29) is 17.4 Å². The van der Waals surface area contributed by atoms with Crippen molar-refractivity contribution in [3.8, 4) is 0 Å². The highest BCUT2D eigenvalue weighted by atomic mass is 32.2. The zero-order valence-corrected chi connectivity index (χ0v) is 15.7. The number of carbonyl (C=O) groups is 1. The van der Waals surface area contributed by atoms with Gasteiger partial charge in [-0.1, -0.05) is 42.5 Å². The lowest BCUT2D eigenvalue weighted by Gasteiger charge is -2.21. The van der Waals surface area contributed by atoms with Crippen molar-refractivity contribution >= 4 is 28.7 Å². The molecule has 0 bridgehead atoms. The Morgan fingerprint density at radius 1 is 1.19 bits per heavy atom. The third kappa shape index (κ3) is 3.23. The van der Waals surface area contributed by atoms with Crippen LogP contribution in [0, 0.1) is 0 Å². The van der Waals surface area contributed by atoms with Crippen LogP contribution in [0.2, 0.25) is 0 Å². The summed E-state index contributed by atoms with van der Waals surface area (Å²) < 4.78 is 0. The smallest absolute Gasteiger partial charge is 0.231 e. The van der Waals surface area contributed by atoms with Gasteiger partial charge in [-0.15, -0.1) is 0 Å². The molecule has 0 radical (unpaired) electrons. The van der Waals surface area contributed by atoms with Crippen LogP contribution in [0.25, 0.3) is 11.0 Å². The molecule has 1 aromatic heterocycles. The van der Waals surface area contributed by atoms with Crippen molar-refractivity contribution in [1.82, 2.24) is 15.3 Å². The van der Waals surface area contributed by atoms with Crippen LogP contribution in [0.1, 0.15) is 36.7 Å². The van der Waals surface area contributed by atoms with Crippen molar-refractivity contribution in [1.29, 1.82) is 0 Å². The standard InChI is InChI=1S/C21H23N3OS/c1-26-14-11-18(19-22-16-9-5-6-10-17(16)23-19)24-20(25)21(12-13-21)15-7-3-2-4-8-15/h2-10,18H,11-14H2,1H3,(H,22,23)(H,24,25)/t18-/m1/s1. The maximum atomic E-state index is 13.1. The van der Waals surface area contributed by atoms with Crippen molar-refractivity contribution in [2.45, 2.75) is 30.7 Å². The van der Waals surface area contributed by atoms with E-state index in [1.165, 1.54) is 0 Å². The van der Waals surface area contributed by atoms with Gasteiger partial charge in [-0.3, -0.25) is 4.79 Å².